The molecule has 0 radical (unpaired) electrons. The Labute approximate surface area is 137 Å². The Hall–Kier alpha value is -2.62. The molecular formula is C19H22N2O2. The first-order valence-corrected chi connectivity index (χ1v) is 7.63. The minimum atomic E-state index is -0.190. The number of anilines is 1. The van der Waals surface area contributed by atoms with E-state index in [0.717, 1.165) is 22.4 Å². The Bertz CT molecular complexity index is 696. The molecule has 2 amide bonds. The standard InChI is InChI=1S/C19H22N2O2/c1-14-8-7-11-18(15(14)2)20-19(23)13-21(16(3)22)12-17-9-5-4-6-10-17/h4-11H,12-13H2,1-3H3,(H,20,23). The third-order valence-electron chi connectivity index (χ3n) is 3.87. The number of hydrogen-bond donors (Lipinski definition) is 1. The second kappa shape index (κ2) is 7.58. The maximum absolute atomic E-state index is 12.3. The van der Waals surface area contributed by atoms with Crippen molar-refractivity contribution in [3.8, 4) is 0 Å². The second-order valence-corrected chi connectivity index (χ2v) is 5.66. The second-order valence-electron chi connectivity index (χ2n) is 5.66. The van der Waals surface area contributed by atoms with Crippen molar-refractivity contribution in [2.45, 2.75) is 27.3 Å². The van der Waals surface area contributed by atoms with Gasteiger partial charge in [0.05, 0.1) is 0 Å². The molecule has 0 saturated carbocycles. The molecule has 0 heterocycles. The van der Waals surface area contributed by atoms with Crippen molar-refractivity contribution < 1.29 is 9.59 Å². The van der Waals surface area contributed by atoms with Crippen molar-refractivity contribution in [1.82, 2.24) is 4.90 Å². The van der Waals surface area contributed by atoms with Crippen LogP contribution >= 0.6 is 0 Å². The summed E-state index contributed by atoms with van der Waals surface area (Å²) in [5.41, 5.74) is 3.95. The van der Waals surface area contributed by atoms with E-state index in [9.17, 15) is 9.59 Å². The topological polar surface area (TPSA) is 49.4 Å². The summed E-state index contributed by atoms with van der Waals surface area (Å²) < 4.78 is 0. The Morgan fingerprint density at radius 3 is 2.35 bits per heavy atom. The number of rotatable bonds is 5. The maximum atomic E-state index is 12.3. The van der Waals surface area contributed by atoms with Crippen LogP contribution in [0.3, 0.4) is 0 Å². The van der Waals surface area contributed by atoms with Crippen LogP contribution in [0.5, 0.6) is 0 Å². The van der Waals surface area contributed by atoms with Gasteiger partial charge >= 0.3 is 0 Å². The summed E-state index contributed by atoms with van der Waals surface area (Å²) in [6.07, 6.45) is 0. The average Bonchev–Trinajstić information content (AvgIpc) is 2.52. The lowest BCUT2D eigenvalue weighted by Crippen LogP contribution is -2.36. The normalized spacial score (nSPS) is 10.2. The van der Waals surface area contributed by atoms with E-state index in [1.807, 2.05) is 62.4 Å². The van der Waals surface area contributed by atoms with Gasteiger partial charge in [-0.05, 0) is 36.6 Å². The third kappa shape index (κ3) is 4.68. The Morgan fingerprint density at radius 1 is 1.00 bits per heavy atom. The molecule has 0 saturated heterocycles. The van der Waals surface area contributed by atoms with Crippen LogP contribution in [0.25, 0.3) is 0 Å². The monoisotopic (exact) mass is 310 g/mol. The van der Waals surface area contributed by atoms with E-state index in [4.69, 9.17) is 0 Å². The first-order valence-electron chi connectivity index (χ1n) is 7.63. The summed E-state index contributed by atoms with van der Waals surface area (Å²) in [7, 11) is 0. The van der Waals surface area contributed by atoms with Crippen LogP contribution in [-0.4, -0.2) is 23.3 Å². The average molecular weight is 310 g/mol. The van der Waals surface area contributed by atoms with Crippen LogP contribution in [0.2, 0.25) is 0 Å². The van der Waals surface area contributed by atoms with Crippen molar-refractivity contribution in [3.05, 3.63) is 65.2 Å². The van der Waals surface area contributed by atoms with Gasteiger partial charge in [0.1, 0.15) is 6.54 Å². The van der Waals surface area contributed by atoms with Crippen molar-refractivity contribution >= 4 is 17.5 Å². The summed E-state index contributed by atoms with van der Waals surface area (Å²) in [6.45, 7) is 5.92. The molecule has 0 aliphatic heterocycles. The SMILES string of the molecule is CC(=O)N(CC(=O)Nc1cccc(C)c1C)Cc1ccccc1. The molecule has 23 heavy (non-hydrogen) atoms. The zero-order valence-corrected chi connectivity index (χ0v) is 13.8. The molecule has 120 valence electrons. The molecule has 0 fully saturated rings. The van der Waals surface area contributed by atoms with E-state index >= 15 is 0 Å². The van der Waals surface area contributed by atoms with E-state index in [-0.39, 0.29) is 18.4 Å². The van der Waals surface area contributed by atoms with E-state index in [1.165, 1.54) is 11.8 Å². The molecule has 4 nitrogen and oxygen atoms in total. The third-order valence-corrected chi connectivity index (χ3v) is 3.87. The maximum Gasteiger partial charge on any atom is 0.244 e. The van der Waals surface area contributed by atoms with Gasteiger partial charge in [-0.2, -0.15) is 0 Å². The van der Waals surface area contributed by atoms with E-state index in [0.29, 0.717) is 6.54 Å². The molecule has 0 bridgehead atoms. The summed E-state index contributed by atoms with van der Waals surface area (Å²) >= 11 is 0. The van der Waals surface area contributed by atoms with Crippen LogP contribution in [0.4, 0.5) is 5.69 Å². The number of hydrogen-bond acceptors (Lipinski definition) is 2. The highest BCUT2D eigenvalue weighted by Crippen LogP contribution is 2.18. The summed E-state index contributed by atoms with van der Waals surface area (Å²) in [5, 5.41) is 2.89. The van der Waals surface area contributed by atoms with Crippen LogP contribution < -0.4 is 5.32 Å². The minimum absolute atomic E-state index is 0.0393. The fourth-order valence-electron chi connectivity index (χ4n) is 2.33. The molecule has 2 aromatic carbocycles. The predicted molar refractivity (Wildman–Crippen MR) is 92.1 cm³/mol. The Kier molecular flexibility index (Phi) is 5.52. The smallest absolute Gasteiger partial charge is 0.244 e. The van der Waals surface area contributed by atoms with E-state index < -0.39 is 0 Å². The summed E-state index contributed by atoms with van der Waals surface area (Å²) in [5.74, 6) is -0.310. The molecule has 0 aliphatic rings. The highest BCUT2D eigenvalue weighted by Gasteiger charge is 2.15. The van der Waals surface area contributed by atoms with Crippen molar-refractivity contribution in [1.29, 1.82) is 0 Å². The number of carbonyl (C=O) groups is 2. The first kappa shape index (κ1) is 16.7. The van der Waals surface area contributed by atoms with E-state index in [2.05, 4.69) is 5.32 Å². The number of aryl methyl sites for hydroxylation is 1. The van der Waals surface area contributed by atoms with Crippen molar-refractivity contribution in [2.75, 3.05) is 11.9 Å². The lowest BCUT2D eigenvalue weighted by Gasteiger charge is -2.21. The molecule has 0 spiro atoms. The molecule has 0 aromatic heterocycles. The fourth-order valence-corrected chi connectivity index (χ4v) is 2.33. The van der Waals surface area contributed by atoms with Gasteiger partial charge in [-0.25, -0.2) is 0 Å². The number of benzene rings is 2. The molecule has 2 aromatic rings. The van der Waals surface area contributed by atoms with Crippen LogP contribution in [0.1, 0.15) is 23.6 Å². The van der Waals surface area contributed by atoms with Gasteiger partial charge in [-0.15, -0.1) is 0 Å². The highest BCUT2D eigenvalue weighted by molar-refractivity contribution is 5.95. The number of amides is 2. The molecule has 0 aliphatic carbocycles. The van der Waals surface area contributed by atoms with Crippen LogP contribution in [-0.2, 0) is 16.1 Å². The van der Waals surface area contributed by atoms with Crippen LogP contribution in [0.15, 0.2) is 48.5 Å². The molecule has 0 atom stereocenters. The first-order chi connectivity index (χ1) is 11.0. The quantitative estimate of drug-likeness (QED) is 0.921. The van der Waals surface area contributed by atoms with Gasteiger partial charge in [-0.3, -0.25) is 9.59 Å². The molecule has 2 rings (SSSR count). The summed E-state index contributed by atoms with van der Waals surface area (Å²) in [4.78, 5) is 25.6. The number of nitrogens with zero attached hydrogens (tertiary/aromatic N) is 1. The molecular weight excluding hydrogens is 288 g/mol. The molecule has 1 N–H and O–H groups in total. The summed E-state index contributed by atoms with van der Waals surface area (Å²) in [6, 6.07) is 15.4. The molecule has 0 unspecified atom stereocenters. The fraction of sp³-hybridized carbons (Fsp3) is 0.263. The van der Waals surface area contributed by atoms with E-state index in [1.54, 1.807) is 0 Å². The van der Waals surface area contributed by atoms with Gasteiger partial charge < -0.3 is 10.2 Å². The Balaban J connectivity index is 2.03. The zero-order chi connectivity index (χ0) is 16.8. The van der Waals surface area contributed by atoms with Gasteiger partial charge in [0.2, 0.25) is 11.8 Å². The van der Waals surface area contributed by atoms with Gasteiger partial charge in [0, 0.05) is 19.2 Å². The van der Waals surface area contributed by atoms with Crippen molar-refractivity contribution in [3.63, 3.8) is 0 Å². The lowest BCUT2D eigenvalue weighted by molar-refractivity contribution is -0.133. The number of carbonyl (C=O) groups excluding carboxylic acids is 2. The van der Waals surface area contributed by atoms with Gasteiger partial charge in [0.15, 0.2) is 0 Å². The molecule has 4 heteroatoms. The van der Waals surface area contributed by atoms with Crippen LogP contribution in [0, 0.1) is 13.8 Å². The number of nitrogens with one attached hydrogen (secondary N) is 1. The van der Waals surface area contributed by atoms with Crippen molar-refractivity contribution in [2.24, 2.45) is 0 Å². The van der Waals surface area contributed by atoms with Gasteiger partial charge in [-0.1, -0.05) is 42.5 Å². The zero-order valence-electron chi connectivity index (χ0n) is 13.8. The largest absolute Gasteiger partial charge is 0.329 e. The Morgan fingerprint density at radius 2 is 1.70 bits per heavy atom. The predicted octanol–water partition coefficient (Wildman–Crippen LogP) is 3.29. The lowest BCUT2D eigenvalue weighted by atomic mass is 10.1. The van der Waals surface area contributed by atoms with Gasteiger partial charge in [0.25, 0.3) is 0 Å². The minimum Gasteiger partial charge on any atom is -0.329 e. The highest BCUT2D eigenvalue weighted by atomic mass is 16.2.